The van der Waals surface area contributed by atoms with E-state index in [4.69, 9.17) is 0 Å². The first-order valence-corrected chi connectivity index (χ1v) is 8.71. The van der Waals surface area contributed by atoms with Crippen molar-refractivity contribution in [1.29, 1.82) is 0 Å². The van der Waals surface area contributed by atoms with E-state index in [1.165, 1.54) is 38.2 Å². The van der Waals surface area contributed by atoms with Crippen molar-refractivity contribution in [2.75, 3.05) is 0 Å². The van der Waals surface area contributed by atoms with Crippen LogP contribution in [0.3, 0.4) is 0 Å². The van der Waals surface area contributed by atoms with Crippen molar-refractivity contribution in [3.05, 3.63) is 35.6 Å². The highest BCUT2D eigenvalue weighted by Crippen LogP contribution is 2.58. The average molecular weight is 287 g/mol. The average Bonchev–Trinajstić information content (AvgIpc) is 3.09. The molecule has 1 nitrogen and oxygen atoms in total. The van der Waals surface area contributed by atoms with E-state index < -0.39 is 0 Å². The molecule has 1 aromatic carbocycles. The molecule has 2 heteroatoms. The molecular formula is C19H26FN. The van der Waals surface area contributed by atoms with Crippen molar-refractivity contribution < 1.29 is 4.39 Å². The van der Waals surface area contributed by atoms with E-state index in [2.05, 4.69) is 12.2 Å². The van der Waals surface area contributed by atoms with Crippen LogP contribution in [0.1, 0.15) is 44.6 Å². The van der Waals surface area contributed by atoms with Gasteiger partial charge >= 0.3 is 0 Å². The SMILES string of the molecule is CC(Cc1cccc(F)c1)NC1CC2CC1C1CCCC21. The predicted octanol–water partition coefficient (Wildman–Crippen LogP) is 4.17. The molecule has 0 amide bonds. The first-order chi connectivity index (χ1) is 10.2. The van der Waals surface area contributed by atoms with Gasteiger partial charge in [-0.15, -0.1) is 0 Å². The van der Waals surface area contributed by atoms with Gasteiger partial charge in [0, 0.05) is 12.1 Å². The molecule has 0 heterocycles. The molecule has 4 rings (SSSR count). The monoisotopic (exact) mass is 287 g/mol. The fraction of sp³-hybridized carbons (Fsp3) is 0.684. The third-order valence-corrected chi connectivity index (χ3v) is 6.36. The molecule has 21 heavy (non-hydrogen) atoms. The molecule has 0 saturated heterocycles. The highest BCUT2D eigenvalue weighted by atomic mass is 19.1. The van der Waals surface area contributed by atoms with Crippen LogP contribution in [0.25, 0.3) is 0 Å². The first kappa shape index (κ1) is 13.8. The minimum Gasteiger partial charge on any atom is -0.311 e. The van der Waals surface area contributed by atoms with E-state index in [0.717, 1.165) is 41.7 Å². The number of halogens is 1. The van der Waals surface area contributed by atoms with Crippen molar-refractivity contribution >= 4 is 0 Å². The molecule has 0 aliphatic heterocycles. The fourth-order valence-electron chi connectivity index (χ4n) is 5.70. The summed E-state index contributed by atoms with van der Waals surface area (Å²) in [6.07, 6.45) is 8.23. The molecule has 114 valence electrons. The van der Waals surface area contributed by atoms with Crippen LogP contribution in [0.4, 0.5) is 4.39 Å². The Labute approximate surface area is 127 Å². The van der Waals surface area contributed by atoms with E-state index in [9.17, 15) is 4.39 Å². The predicted molar refractivity (Wildman–Crippen MR) is 83.5 cm³/mol. The van der Waals surface area contributed by atoms with Crippen LogP contribution in [-0.2, 0) is 6.42 Å². The smallest absolute Gasteiger partial charge is 0.123 e. The van der Waals surface area contributed by atoms with Gasteiger partial charge in [-0.3, -0.25) is 0 Å². The second-order valence-electron chi connectivity index (χ2n) is 7.66. The van der Waals surface area contributed by atoms with Gasteiger partial charge in [0.05, 0.1) is 0 Å². The summed E-state index contributed by atoms with van der Waals surface area (Å²) < 4.78 is 13.3. The van der Waals surface area contributed by atoms with Crippen LogP contribution in [0, 0.1) is 29.5 Å². The number of benzene rings is 1. The third-order valence-electron chi connectivity index (χ3n) is 6.36. The maximum absolute atomic E-state index is 13.3. The van der Waals surface area contributed by atoms with Crippen molar-refractivity contribution in [2.45, 2.75) is 57.5 Å². The second kappa shape index (κ2) is 5.39. The quantitative estimate of drug-likeness (QED) is 0.876. The van der Waals surface area contributed by atoms with Gasteiger partial charge in [0.15, 0.2) is 0 Å². The van der Waals surface area contributed by atoms with E-state index >= 15 is 0 Å². The summed E-state index contributed by atoms with van der Waals surface area (Å²) in [5.41, 5.74) is 1.11. The number of fused-ring (bicyclic) bond motifs is 5. The Balaban J connectivity index is 1.36. The van der Waals surface area contributed by atoms with Crippen LogP contribution in [0.5, 0.6) is 0 Å². The van der Waals surface area contributed by atoms with E-state index in [1.807, 2.05) is 12.1 Å². The first-order valence-electron chi connectivity index (χ1n) is 8.71. The Morgan fingerprint density at radius 1 is 1.19 bits per heavy atom. The Morgan fingerprint density at radius 2 is 2.05 bits per heavy atom. The van der Waals surface area contributed by atoms with Gasteiger partial charge in [0.2, 0.25) is 0 Å². The molecule has 3 aliphatic carbocycles. The van der Waals surface area contributed by atoms with Gasteiger partial charge in [-0.1, -0.05) is 18.6 Å². The van der Waals surface area contributed by atoms with Crippen molar-refractivity contribution in [3.8, 4) is 0 Å². The Hall–Kier alpha value is -0.890. The van der Waals surface area contributed by atoms with Crippen LogP contribution < -0.4 is 5.32 Å². The van der Waals surface area contributed by atoms with Crippen molar-refractivity contribution in [1.82, 2.24) is 5.32 Å². The van der Waals surface area contributed by atoms with Gasteiger partial charge in [-0.25, -0.2) is 4.39 Å². The van der Waals surface area contributed by atoms with Gasteiger partial charge in [0.25, 0.3) is 0 Å². The minimum atomic E-state index is -0.117. The van der Waals surface area contributed by atoms with Crippen molar-refractivity contribution in [2.24, 2.45) is 23.7 Å². The Kier molecular flexibility index (Phi) is 3.53. The van der Waals surface area contributed by atoms with Gasteiger partial charge in [-0.2, -0.15) is 0 Å². The molecule has 3 aliphatic rings. The highest BCUT2D eigenvalue weighted by molar-refractivity contribution is 5.17. The summed E-state index contributed by atoms with van der Waals surface area (Å²) in [5, 5.41) is 3.87. The van der Waals surface area contributed by atoms with Gasteiger partial charge < -0.3 is 5.32 Å². The molecule has 0 radical (unpaired) electrons. The topological polar surface area (TPSA) is 12.0 Å². The summed E-state index contributed by atoms with van der Waals surface area (Å²) in [4.78, 5) is 0. The fourth-order valence-corrected chi connectivity index (χ4v) is 5.70. The molecule has 0 spiro atoms. The molecule has 1 aromatic rings. The standard InChI is InChI=1S/C19H26FN/c1-12(8-13-4-2-5-15(20)9-13)21-19-11-14-10-18(19)17-7-3-6-16(14)17/h2,4-5,9,12,14,16-19,21H,3,6-8,10-11H2,1H3. The van der Waals surface area contributed by atoms with Crippen LogP contribution in [0.2, 0.25) is 0 Å². The molecule has 3 fully saturated rings. The minimum absolute atomic E-state index is 0.117. The summed E-state index contributed by atoms with van der Waals surface area (Å²) >= 11 is 0. The number of nitrogens with one attached hydrogen (secondary N) is 1. The lowest BCUT2D eigenvalue weighted by Gasteiger charge is -2.34. The lowest BCUT2D eigenvalue weighted by molar-refractivity contribution is 0.199. The third kappa shape index (κ3) is 2.52. The summed E-state index contributed by atoms with van der Waals surface area (Å²) in [6.45, 7) is 2.25. The lowest BCUT2D eigenvalue weighted by atomic mass is 9.79. The maximum atomic E-state index is 13.3. The highest BCUT2D eigenvalue weighted by Gasteiger charge is 2.53. The molecular weight excluding hydrogens is 261 g/mol. The molecule has 0 aromatic heterocycles. The van der Waals surface area contributed by atoms with E-state index in [-0.39, 0.29) is 5.82 Å². The second-order valence-corrected chi connectivity index (χ2v) is 7.66. The van der Waals surface area contributed by atoms with Gasteiger partial charge in [-0.05, 0) is 80.4 Å². The largest absolute Gasteiger partial charge is 0.311 e. The summed E-state index contributed by atoms with van der Waals surface area (Å²) in [5.74, 6) is 3.89. The molecule has 1 N–H and O–H groups in total. The van der Waals surface area contributed by atoms with Crippen LogP contribution in [-0.4, -0.2) is 12.1 Å². The normalized spacial score (nSPS) is 38.7. The summed E-state index contributed by atoms with van der Waals surface area (Å²) in [7, 11) is 0. The van der Waals surface area contributed by atoms with Crippen LogP contribution >= 0.6 is 0 Å². The number of hydrogen-bond acceptors (Lipinski definition) is 1. The van der Waals surface area contributed by atoms with E-state index in [1.54, 1.807) is 6.07 Å². The van der Waals surface area contributed by atoms with Crippen LogP contribution in [0.15, 0.2) is 24.3 Å². The molecule has 3 saturated carbocycles. The summed E-state index contributed by atoms with van der Waals surface area (Å²) in [6, 6.07) is 8.21. The lowest BCUT2D eigenvalue weighted by Crippen LogP contribution is -2.44. The Morgan fingerprint density at radius 3 is 2.90 bits per heavy atom. The molecule has 6 atom stereocenters. The maximum Gasteiger partial charge on any atom is 0.123 e. The number of rotatable bonds is 4. The zero-order chi connectivity index (χ0) is 14.4. The van der Waals surface area contributed by atoms with Crippen molar-refractivity contribution in [3.63, 3.8) is 0 Å². The number of hydrogen-bond donors (Lipinski definition) is 1. The Bertz CT molecular complexity index is 514. The van der Waals surface area contributed by atoms with E-state index in [0.29, 0.717) is 6.04 Å². The molecule has 2 bridgehead atoms. The zero-order valence-electron chi connectivity index (χ0n) is 12.9. The van der Waals surface area contributed by atoms with Gasteiger partial charge in [0.1, 0.15) is 5.82 Å². The zero-order valence-corrected chi connectivity index (χ0v) is 12.9. The molecule has 6 unspecified atom stereocenters.